The van der Waals surface area contributed by atoms with Crippen LogP contribution in [0.15, 0.2) is 30.3 Å². The molecule has 2 amide bonds. The zero-order valence-electron chi connectivity index (χ0n) is 14.8. The molecule has 25 heavy (non-hydrogen) atoms. The first kappa shape index (κ1) is 21.4. The highest BCUT2D eigenvalue weighted by atomic mass is 35.5. The molecule has 0 aromatic heterocycles. The monoisotopic (exact) mass is 369 g/mol. The molecule has 0 radical (unpaired) electrons. The van der Waals surface area contributed by atoms with Crippen LogP contribution in [0.1, 0.15) is 33.1 Å². The second-order valence-electron chi connectivity index (χ2n) is 6.12. The van der Waals surface area contributed by atoms with Gasteiger partial charge < -0.3 is 20.7 Å². The Hall–Kier alpha value is -1.63. The minimum Gasteiger partial charge on any atom is -0.364 e. The maximum Gasteiger partial charge on any atom is 0.252 e. The number of ether oxygens (including phenoxy) is 1. The van der Waals surface area contributed by atoms with E-state index in [9.17, 15) is 9.59 Å². The summed E-state index contributed by atoms with van der Waals surface area (Å²) in [6.45, 7) is 4.68. The summed E-state index contributed by atoms with van der Waals surface area (Å²) >= 11 is 0. The summed E-state index contributed by atoms with van der Waals surface area (Å²) in [7, 11) is 0. The number of carbonyl (C=O) groups excluding carboxylic acids is 2. The van der Waals surface area contributed by atoms with E-state index in [2.05, 4.69) is 5.32 Å². The van der Waals surface area contributed by atoms with Gasteiger partial charge >= 0.3 is 0 Å². The van der Waals surface area contributed by atoms with Crippen molar-refractivity contribution in [2.75, 3.05) is 18.4 Å². The lowest BCUT2D eigenvalue weighted by atomic mass is 10.1. The fourth-order valence-electron chi connectivity index (χ4n) is 2.89. The number of hydrogen-bond acceptors (Lipinski definition) is 4. The van der Waals surface area contributed by atoms with Crippen LogP contribution in [0.5, 0.6) is 0 Å². The van der Waals surface area contributed by atoms with Crippen molar-refractivity contribution in [2.45, 2.75) is 51.4 Å². The third kappa shape index (κ3) is 5.70. The van der Waals surface area contributed by atoms with E-state index >= 15 is 0 Å². The van der Waals surface area contributed by atoms with Crippen molar-refractivity contribution in [2.24, 2.45) is 5.73 Å². The van der Waals surface area contributed by atoms with Crippen LogP contribution in [-0.4, -0.2) is 48.1 Å². The molecular weight excluding hydrogens is 342 g/mol. The molecule has 1 aromatic carbocycles. The molecule has 7 heteroatoms. The van der Waals surface area contributed by atoms with Crippen molar-refractivity contribution in [1.29, 1.82) is 0 Å². The SMILES string of the molecule is CCCN(C(=O)[C@@H]1CC[C@H](CN)O1)C(C)C(=O)Nc1ccccc1.Cl. The Morgan fingerprint density at radius 3 is 2.56 bits per heavy atom. The first-order chi connectivity index (χ1) is 11.6. The lowest BCUT2D eigenvalue weighted by Gasteiger charge is -2.30. The first-order valence-corrected chi connectivity index (χ1v) is 8.58. The van der Waals surface area contributed by atoms with E-state index in [1.54, 1.807) is 11.8 Å². The molecule has 140 valence electrons. The predicted octanol–water partition coefficient (Wildman–Crippen LogP) is 2.18. The number of nitrogens with one attached hydrogen (secondary N) is 1. The van der Waals surface area contributed by atoms with Crippen molar-refractivity contribution >= 4 is 29.9 Å². The molecule has 2 rings (SSSR count). The average molecular weight is 370 g/mol. The van der Waals surface area contributed by atoms with Crippen LogP contribution in [0.3, 0.4) is 0 Å². The number of halogens is 1. The zero-order valence-corrected chi connectivity index (χ0v) is 15.6. The van der Waals surface area contributed by atoms with Gasteiger partial charge in [0, 0.05) is 18.8 Å². The molecule has 1 unspecified atom stereocenters. The average Bonchev–Trinajstić information content (AvgIpc) is 3.08. The van der Waals surface area contributed by atoms with E-state index in [0.717, 1.165) is 18.5 Å². The summed E-state index contributed by atoms with van der Waals surface area (Å²) in [5.74, 6) is -0.320. The normalized spacial score (nSPS) is 20.4. The van der Waals surface area contributed by atoms with E-state index in [1.165, 1.54) is 0 Å². The Balaban J connectivity index is 0.00000312. The smallest absolute Gasteiger partial charge is 0.252 e. The highest BCUT2D eigenvalue weighted by molar-refractivity contribution is 5.97. The molecule has 1 heterocycles. The van der Waals surface area contributed by atoms with Gasteiger partial charge in [0.1, 0.15) is 12.1 Å². The Labute approximate surface area is 155 Å². The number of nitrogens with two attached hydrogens (primary N) is 1. The van der Waals surface area contributed by atoms with Crippen LogP contribution in [0, 0.1) is 0 Å². The van der Waals surface area contributed by atoms with Crippen LogP contribution in [0.25, 0.3) is 0 Å². The third-order valence-electron chi connectivity index (χ3n) is 4.28. The van der Waals surface area contributed by atoms with Gasteiger partial charge in [0.25, 0.3) is 5.91 Å². The predicted molar refractivity (Wildman–Crippen MR) is 101 cm³/mol. The number of rotatable bonds is 7. The number of anilines is 1. The molecule has 1 fully saturated rings. The number of carbonyl (C=O) groups is 2. The molecule has 0 aliphatic carbocycles. The Morgan fingerprint density at radius 2 is 2.00 bits per heavy atom. The quantitative estimate of drug-likeness (QED) is 0.771. The molecule has 1 aliphatic heterocycles. The Kier molecular flexibility index (Phi) is 8.89. The van der Waals surface area contributed by atoms with Gasteiger partial charge in [-0.1, -0.05) is 25.1 Å². The maximum atomic E-state index is 12.8. The lowest BCUT2D eigenvalue weighted by Crippen LogP contribution is -2.49. The first-order valence-electron chi connectivity index (χ1n) is 8.58. The van der Waals surface area contributed by atoms with E-state index in [4.69, 9.17) is 10.5 Å². The minimum atomic E-state index is -0.557. The summed E-state index contributed by atoms with van der Waals surface area (Å²) in [6.07, 6.45) is 1.68. The Bertz CT molecular complexity index is 556. The molecule has 1 saturated heterocycles. The van der Waals surface area contributed by atoms with Gasteiger partial charge in [-0.2, -0.15) is 0 Å². The number of para-hydroxylation sites is 1. The van der Waals surface area contributed by atoms with E-state index in [0.29, 0.717) is 19.5 Å². The number of nitrogens with zero attached hydrogens (tertiary/aromatic N) is 1. The second-order valence-corrected chi connectivity index (χ2v) is 6.12. The van der Waals surface area contributed by atoms with E-state index < -0.39 is 12.1 Å². The number of benzene rings is 1. The lowest BCUT2D eigenvalue weighted by molar-refractivity contribution is -0.147. The largest absolute Gasteiger partial charge is 0.364 e. The summed E-state index contributed by atoms with van der Waals surface area (Å²) in [5, 5.41) is 2.85. The fourth-order valence-corrected chi connectivity index (χ4v) is 2.89. The van der Waals surface area contributed by atoms with Crippen molar-refractivity contribution < 1.29 is 14.3 Å². The zero-order chi connectivity index (χ0) is 17.5. The van der Waals surface area contributed by atoms with Crippen LogP contribution in [-0.2, 0) is 14.3 Å². The molecule has 0 saturated carbocycles. The van der Waals surface area contributed by atoms with Crippen molar-refractivity contribution in [3.8, 4) is 0 Å². The molecular formula is C18H28ClN3O3. The molecule has 0 spiro atoms. The molecule has 3 atom stereocenters. The van der Waals surface area contributed by atoms with Gasteiger partial charge in [-0.15, -0.1) is 12.4 Å². The van der Waals surface area contributed by atoms with Crippen LogP contribution < -0.4 is 11.1 Å². The van der Waals surface area contributed by atoms with Gasteiger partial charge in [0.15, 0.2) is 0 Å². The Morgan fingerprint density at radius 1 is 1.32 bits per heavy atom. The van der Waals surface area contributed by atoms with Gasteiger partial charge in [-0.25, -0.2) is 0 Å². The van der Waals surface area contributed by atoms with Crippen molar-refractivity contribution in [1.82, 2.24) is 4.90 Å². The van der Waals surface area contributed by atoms with Gasteiger partial charge in [0.2, 0.25) is 5.91 Å². The van der Waals surface area contributed by atoms with Crippen LogP contribution in [0.4, 0.5) is 5.69 Å². The van der Waals surface area contributed by atoms with Gasteiger partial charge in [-0.3, -0.25) is 9.59 Å². The number of hydrogen-bond donors (Lipinski definition) is 2. The highest BCUT2D eigenvalue weighted by Gasteiger charge is 2.35. The summed E-state index contributed by atoms with van der Waals surface area (Å²) in [4.78, 5) is 26.9. The summed E-state index contributed by atoms with van der Waals surface area (Å²) in [5.41, 5.74) is 6.33. The number of amides is 2. The fraction of sp³-hybridized carbons (Fsp3) is 0.556. The van der Waals surface area contributed by atoms with Gasteiger partial charge in [0.05, 0.1) is 6.10 Å². The van der Waals surface area contributed by atoms with Crippen LogP contribution >= 0.6 is 12.4 Å². The molecule has 1 aromatic rings. The summed E-state index contributed by atoms with van der Waals surface area (Å²) in [6, 6.07) is 8.68. The van der Waals surface area contributed by atoms with E-state index in [1.807, 2.05) is 37.3 Å². The minimum absolute atomic E-state index is 0. The molecule has 1 aliphatic rings. The maximum absolute atomic E-state index is 12.8. The topological polar surface area (TPSA) is 84.7 Å². The van der Waals surface area contributed by atoms with E-state index in [-0.39, 0.29) is 30.3 Å². The van der Waals surface area contributed by atoms with Crippen LogP contribution in [0.2, 0.25) is 0 Å². The molecule has 3 N–H and O–H groups in total. The summed E-state index contributed by atoms with van der Waals surface area (Å²) < 4.78 is 5.70. The van der Waals surface area contributed by atoms with Crippen molar-refractivity contribution in [3.05, 3.63) is 30.3 Å². The second kappa shape index (κ2) is 10.4. The van der Waals surface area contributed by atoms with Crippen molar-refractivity contribution in [3.63, 3.8) is 0 Å². The van der Waals surface area contributed by atoms with Gasteiger partial charge in [-0.05, 0) is 38.3 Å². The molecule has 6 nitrogen and oxygen atoms in total. The molecule has 0 bridgehead atoms. The standard InChI is InChI=1S/C18H27N3O3.ClH/c1-3-11-21(18(23)16-10-9-15(12-19)24-16)13(2)17(22)20-14-7-5-4-6-8-14;/h4-8,13,15-16H,3,9-12,19H2,1-2H3,(H,20,22);1H/t13?,15-,16+;/m1./s1. The third-order valence-corrected chi connectivity index (χ3v) is 4.28. The highest BCUT2D eigenvalue weighted by Crippen LogP contribution is 2.22.